The molecular formula is C22H25BrF3N3O3S. The van der Waals surface area contributed by atoms with Crippen LogP contribution < -0.4 is 5.32 Å². The lowest BCUT2D eigenvalue weighted by molar-refractivity contribution is -0.142. The average Bonchev–Trinajstić information content (AvgIpc) is 3.43. The van der Waals surface area contributed by atoms with Gasteiger partial charge in [-0.05, 0) is 73.4 Å². The van der Waals surface area contributed by atoms with Gasteiger partial charge in [0.05, 0.1) is 22.3 Å². The van der Waals surface area contributed by atoms with Gasteiger partial charge in [-0.3, -0.25) is 9.48 Å². The molecule has 0 aromatic carbocycles. The highest BCUT2D eigenvalue weighted by molar-refractivity contribution is 9.10. The number of hydrogen-bond donors (Lipinski definition) is 1. The van der Waals surface area contributed by atoms with Crippen molar-refractivity contribution < 1.29 is 27.5 Å². The number of anilines is 1. The Morgan fingerprint density at radius 2 is 2.00 bits per heavy atom. The number of rotatable bonds is 7. The molecule has 0 saturated heterocycles. The van der Waals surface area contributed by atoms with Crippen molar-refractivity contribution in [2.75, 3.05) is 11.9 Å². The molecule has 1 fully saturated rings. The van der Waals surface area contributed by atoms with E-state index in [4.69, 9.17) is 4.74 Å². The molecule has 1 unspecified atom stereocenters. The highest BCUT2D eigenvalue weighted by Crippen LogP contribution is 2.48. The third-order valence-electron chi connectivity index (χ3n) is 5.92. The number of hydrogen-bond acceptors (Lipinski definition) is 5. The number of carbonyl (C=O) groups excluding carboxylic acids is 2. The molecule has 2 aromatic rings. The van der Waals surface area contributed by atoms with E-state index in [-0.39, 0.29) is 17.0 Å². The lowest BCUT2D eigenvalue weighted by atomic mass is 9.95. The number of nitrogens with zero attached hydrogens (tertiary/aromatic N) is 2. The van der Waals surface area contributed by atoms with Crippen molar-refractivity contribution in [2.24, 2.45) is 0 Å². The van der Waals surface area contributed by atoms with Crippen molar-refractivity contribution in [3.8, 4) is 0 Å². The Bertz CT molecular complexity index is 1080. The summed E-state index contributed by atoms with van der Waals surface area (Å²) in [5.74, 6) is -1.06. The fourth-order valence-electron chi connectivity index (χ4n) is 4.09. The Balaban J connectivity index is 1.64. The summed E-state index contributed by atoms with van der Waals surface area (Å²) in [5, 5.41) is 6.96. The van der Waals surface area contributed by atoms with Crippen molar-refractivity contribution in [2.45, 2.75) is 76.9 Å². The number of aryl methyl sites for hydroxylation is 1. The van der Waals surface area contributed by atoms with Crippen LogP contribution in [0, 0.1) is 0 Å². The monoisotopic (exact) mass is 547 g/mol. The summed E-state index contributed by atoms with van der Waals surface area (Å²) in [5.41, 5.74) is 0.649. The van der Waals surface area contributed by atoms with Gasteiger partial charge >= 0.3 is 12.1 Å². The summed E-state index contributed by atoms with van der Waals surface area (Å²) < 4.78 is 46.8. The number of ether oxygens (including phenoxy) is 1. The van der Waals surface area contributed by atoms with Gasteiger partial charge in [0.15, 0.2) is 5.69 Å². The van der Waals surface area contributed by atoms with Crippen LogP contribution in [0.15, 0.2) is 4.47 Å². The zero-order valence-electron chi connectivity index (χ0n) is 18.4. The topological polar surface area (TPSA) is 73.2 Å². The first-order chi connectivity index (χ1) is 15.6. The Morgan fingerprint density at radius 3 is 2.64 bits per heavy atom. The molecule has 0 bridgehead atoms. The largest absolute Gasteiger partial charge is 0.462 e. The summed E-state index contributed by atoms with van der Waals surface area (Å²) in [6.45, 7) is 3.69. The minimum absolute atomic E-state index is 0.0631. The summed E-state index contributed by atoms with van der Waals surface area (Å²) in [6.07, 6.45) is 1.07. The molecule has 11 heteroatoms. The van der Waals surface area contributed by atoms with Crippen LogP contribution in [0.4, 0.5) is 18.2 Å². The molecule has 2 aliphatic rings. The predicted molar refractivity (Wildman–Crippen MR) is 122 cm³/mol. The number of fused-ring (bicyclic) bond motifs is 1. The van der Waals surface area contributed by atoms with Gasteiger partial charge in [0.2, 0.25) is 5.91 Å². The van der Waals surface area contributed by atoms with Crippen LogP contribution in [0.5, 0.6) is 0 Å². The Kier molecular flexibility index (Phi) is 6.91. The van der Waals surface area contributed by atoms with Gasteiger partial charge in [-0.2, -0.15) is 18.3 Å². The quantitative estimate of drug-likeness (QED) is 0.416. The van der Waals surface area contributed by atoms with E-state index in [2.05, 4.69) is 26.3 Å². The van der Waals surface area contributed by atoms with Gasteiger partial charge < -0.3 is 10.1 Å². The molecule has 0 spiro atoms. The van der Waals surface area contributed by atoms with Gasteiger partial charge in [-0.1, -0.05) is 6.92 Å². The average molecular weight is 548 g/mol. The molecule has 33 heavy (non-hydrogen) atoms. The fraction of sp³-hybridized carbons (Fsp3) is 0.591. The first-order valence-electron chi connectivity index (χ1n) is 11.1. The van der Waals surface area contributed by atoms with E-state index >= 15 is 0 Å². The molecule has 2 aromatic heterocycles. The number of aromatic nitrogens is 2. The van der Waals surface area contributed by atoms with Crippen LogP contribution in [-0.2, 0) is 28.5 Å². The van der Waals surface area contributed by atoms with E-state index in [9.17, 15) is 22.8 Å². The molecule has 1 saturated carbocycles. The first-order valence-corrected chi connectivity index (χ1v) is 12.7. The van der Waals surface area contributed by atoms with E-state index in [0.29, 0.717) is 22.7 Å². The lowest BCUT2D eigenvalue weighted by Gasteiger charge is -2.16. The molecule has 0 aliphatic heterocycles. The fourth-order valence-corrected chi connectivity index (χ4v) is 6.18. The standard InChI is InChI=1S/C22H25BrF3N3O3S/c1-3-10-32-21(31)15-13-6-4-5-7-14(13)33-20(15)27-19(30)11(2)29-17(12-8-9-12)16(23)18(28-29)22(24,25)26/h11-12H,3-10H2,1-2H3,(H,27,30). The Hall–Kier alpha value is -1.88. The predicted octanol–water partition coefficient (Wildman–Crippen LogP) is 6.25. The van der Waals surface area contributed by atoms with Crippen LogP contribution >= 0.6 is 27.3 Å². The van der Waals surface area contributed by atoms with Crippen LogP contribution in [0.2, 0.25) is 0 Å². The van der Waals surface area contributed by atoms with E-state index in [1.165, 1.54) is 22.9 Å². The first kappa shape index (κ1) is 24.3. The van der Waals surface area contributed by atoms with Gasteiger partial charge in [-0.25, -0.2) is 4.79 Å². The van der Waals surface area contributed by atoms with Crippen LogP contribution in [0.3, 0.4) is 0 Å². The third kappa shape index (κ3) is 4.84. The zero-order chi connectivity index (χ0) is 23.9. The number of amides is 1. The summed E-state index contributed by atoms with van der Waals surface area (Å²) >= 11 is 4.41. The second kappa shape index (κ2) is 9.40. The molecular weight excluding hydrogens is 523 g/mol. The Morgan fingerprint density at radius 1 is 1.30 bits per heavy atom. The molecule has 1 atom stereocenters. The zero-order valence-corrected chi connectivity index (χ0v) is 20.8. The highest BCUT2D eigenvalue weighted by Gasteiger charge is 2.43. The molecule has 2 heterocycles. The van der Waals surface area contributed by atoms with Gasteiger partial charge in [0.1, 0.15) is 11.0 Å². The number of halogens is 4. The number of carbonyl (C=O) groups is 2. The van der Waals surface area contributed by atoms with E-state index in [1.54, 1.807) is 0 Å². The van der Waals surface area contributed by atoms with E-state index < -0.39 is 29.8 Å². The van der Waals surface area contributed by atoms with Crippen LogP contribution in [0.25, 0.3) is 0 Å². The number of thiophene rings is 1. The van der Waals surface area contributed by atoms with Gasteiger partial charge in [-0.15, -0.1) is 11.3 Å². The van der Waals surface area contributed by atoms with Crippen molar-refractivity contribution in [3.63, 3.8) is 0 Å². The van der Waals surface area contributed by atoms with E-state index in [0.717, 1.165) is 49.0 Å². The minimum Gasteiger partial charge on any atom is -0.462 e. The third-order valence-corrected chi connectivity index (χ3v) is 7.90. The SMILES string of the molecule is CCCOC(=O)c1c(NC(=O)C(C)n2nc(C(F)(F)F)c(Br)c2C2CC2)sc2c1CCCC2. The number of esters is 1. The molecule has 1 N–H and O–H groups in total. The van der Waals surface area contributed by atoms with Gasteiger partial charge in [0, 0.05) is 10.8 Å². The number of nitrogens with one attached hydrogen (secondary N) is 1. The molecule has 2 aliphatic carbocycles. The highest BCUT2D eigenvalue weighted by atomic mass is 79.9. The molecule has 4 rings (SSSR count). The second-order valence-electron chi connectivity index (χ2n) is 8.48. The maximum Gasteiger partial charge on any atom is 0.436 e. The number of alkyl halides is 3. The molecule has 0 radical (unpaired) electrons. The summed E-state index contributed by atoms with van der Waals surface area (Å²) in [4.78, 5) is 27.0. The van der Waals surface area contributed by atoms with Crippen molar-refractivity contribution >= 4 is 44.1 Å². The van der Waals surface area contributed by atoms with Crippen LogP contribution in [0.1, 0.15) is 90.1 Å². The van der Waals surface area contributed by atoms with E-state index in [1.807, 2.05) is 6.92 Å². The second-order valence-corrected chi connectivity index (χ2v) is 10.4. The maximum atomic E-state index is 13.5. The van der Waals surface area contributed by atoms with Crippen molar-refractivity contribution in [3.05, 3.63) is 31.9 Å². The molecule has 180 valence electrons. The Labute approximate surface area is 202 Å². The normalized spacial score (nSPS) is 16.9. The van der Waals surface area contributed by atoms with Crippen LogP contribution in [-0.4, -0.2) is 28.3 Å². The van der Waals surface area contributed by atoms with Crippen molar-refractivity contribution in [1.82, 2.24) is 9.78 Å². The van der Waals surface area contributed by atoms with Crippen molar-refractivity contribution in [1.29, 1.82) is 0 Å². The lowest BCUT2D eigenvalue weighted by Crippen LogP contribution is -2.26. The smallest absolute Gasteiger partial charge is 0.436 e. The summed E-state index contributed by atoms with van der Waals surface area (Å²) in [6, 6.07) is -0.994. The summed E-state index contributed by atoms with van der Waals surface area (Å²) in [7, 11) is 0. The molecule has 1 amide bonds. The minimum atomic E-state index is -4.63. The maximum absolute atomic E-state index is 13.5. The molecule has 6 nitrogen and oxygen atoms in total. The van der Waals surface area contributed by atoms with Gasteiger partial charge in [0.25, 0.3) is 0 Å².